The molecular formula is C11H12F2O3. The number of carbonyl (C=O) groups is 1. The van der Waals surface area contributed by atoms with Crippen molar-refractivity contribution in [3.05, 3.63) is 23.8 Å². The Labute approximate surface area is 92.0 Å². The summed E-state index contributed by atoms with van der Waals surface area (Å²) in [6.45, 7) is -2.85. The molecule has 0 atom stereocenters. The van der Waals surface area contributed by atoms with Crippen molar-refractivity contribution in [3.63, 3.8) is 0 Å². The average molecular weight is 230 g/mol. The van der Waals surface area contributed by atoms with Gasteiger partial charge >= 0.3 is 6.61 Å². The van der Waals surface area contributed by atoms with Crippen LogP contribution in [0.25, 0.3) is 0 Å². The van der Waals surface area contributed by atoms with E-state index in [2.05, 4.69) is 4.74 Å². The van der Waals surface area contributed by atoms with E-state index in [-0.39, 0.29) is 5.75 Å². The van der Waals surface area contributed by atoms with Crippen LogP contribution < -0.4 is 9.47 Å². The molecule has 0 aliphatic heterocycles. The molecule has 88 valence electrons. The fourth-order valence-electron chi connectivity index (χ4n) is 1.34. The Balaban J connectivity index is 2.86. The van der Waals surface area contributed by atoms with Crippen molar-refractivity contribution in [2.75, 3.05) is 7.11 Å². The van der Waals surface area contributed by atoms with Gasteiger partial charge in [-0.25, -0.2) is 0 Å². The molecule has 0 fully saturated rings. The molecule has 0 bridgehead atoms. The van der Waals surface area contributed by atoms with E-state index in [1.165, 1.54) is 25.3 Å². The van der Waals surface area contributed by atoms with E-state index in [1.54, 1.807) is 0 Å². The van der Waals surface area contributed by atoms with E-state index in [4.69, 9.17) is 4.74 Å². The first kappa shape index (κ1) is 12.4. The van der Waals surface area contributed by atoms with E-state index in [9.17, 15) is 13.6 Å². The van der Waals surface area contributed by atoms with E-state index in [0.717, 1.165) is 6.29 Å². The van der Waals surface area contributed by atoms with Crippen LogP contribution in [0.3, 0.4) is 0 Å². The van der Waals surface area contributed by atoms with Gasteiger partial charge in [-0.15, -0.1) is 0 Å². The minimum absolute atomic E-state index is 0.0664. The zero-order valence-corrected chi connectivity index (χ0v) is 8.78. The van der Waals surface area contributed by atoms with Crippen LogP contribution in [0.5, 0.6) is 11.5 Å². The summed E-state index contributed by atoms with van der Waals surface area (Å²) < 4.78 is 33.3. The van der Waals surface area contributed by atoms with Gasteiger partial charge in [0.25, 0.3) is 0 Å². The summed E-state index contributed by atoms with van der Waals surface area (Å²) in [4.78, 5) is 10.2. The predicted octanol–water partition coefficient (Wildman–Crippen LogP) is 2.43. The fourth-order valence-corrected chi connectivity index (χ4v) is 1.34. The fraction of sp³-hybridized carbons (Fsp3) is 0.364. The summed E-state index contributed by atoms with van der Waals surface area (Å²) >= 11 is 0. The third kappa shape index (κ3) is 3.49. The highest BCUT2D eigenvalue weighted by Gasteiger charge is 2.08. The molecule has 0 aromatic heterocycles. The Morgan fingerprint density at radius 2 is 2.19 bits per heavy atom. The number of ether oxygens (including phenoxy) is 2. The lowest BCUT2D eigenvalue weighted by Gasteiger charge is -2.10. The number of hydrogen-bond acceptors (Lipinski definition) is 3. The molecule has 3 nitrogen and oxygen atoms in total. The molecule has 1 aromatic rings. The zero-order chi connectivity index (χ0) is 12.0. The molecule has 0 N–H and O–H groups in total. The number of hydrogen-bond donors (Lipinski definition) is 0. The van der Waals surface area contributed by atoms with Crippen LogP contribution in [-0.2, 0) is 11.2 Å². The first-order valence-electron chi connectivity index (χ1n) is 4.72. The molecule has 0 heterocycles. The lowest BCUT2D eigenvalue weighted by molar-refractivity contribution is -0.107. The Morgan fingerprint density at radius 1 is 1.44 bits per heavy atom. The minimum atomic E-state index is -2.85. The zero-order valence-electron chi connectivity index (χ0n) is 8.78. The maximum Gasteiger partial charge on any atom is 0.387 e. The average Bonchev–Trinajstić information content (AvgIpc) is 2.25. The third-order valence-electron chi connectivity index (χ3n) is 2.01. The predicted molar refractivity (Wildman–Crippen MR) is 54.0 cm³/mol. The van der Waals surface area contributed by atoms with E-state index in [0.29, 0.717) is 24.2 Å². The Hall–Kier alpha value is -1.65. The number of aryl methyl sites for hydroxylation is 1. The van der Waals surface area contributed by atoms with Crippen molar-refractivity contribution in [1.82, 2.24) is 0 Å². The second kappa shape index (κ2) is 6.05. The molecule has 16 heavy (non-hydrogen) atoms. The molecule has 0 spiro atoms. The number of halogens is 2. The van der Waals surface area contributed by atoms with E-state index in [1.807, 2.05) is 0 Å². The van der Waals surface area contributed by atoms with Crippen LogP contribution >= 0.6 is 0 Å². The Kier molecular flexibility index (Phi) is 4.69. The monoisotopic (exact) mass is 230 g/mol. The van der Waals surface area contributed by atoms with Gasteiger partial charge in [-0.05, 0) is 30.2 Å². The second-order valence-electron chi connectivity index (χ2n) is 3.06. The van der Waals surface area contributed by atoms with Crippen LogP contribution in [0.1, 0.15) is 12.0 Å². The van der Waals surface area contributed by atoms with Crippen LogP contribution in [-0.4, -0.2) is 20.0 Å². The Bertz CT molecular complexity index is 353. The van der Waals surface area contributed by atoms with Gasteiger partial charge in [0.15, 0.2) is 0 Å². The van der Waals surface area contributed by atoms with Gasteiger partial charge in [0.2, 0.25) is 0 Å². The topological polar surface area (TPSA) is 35.5 Å². The first-order valence-corrected chi connectivity index (χ1v) is 4.72. The number of methoxy groups -OCH3 is 1. The van der Waals surface area contributed by atoms with Crippen molar-refractivity contribution >= 4 is 6.29 Å². The molecule has 0 amide bonds. The normalized spacial score (nSPS) is 10.2. The van der Waals surface area contributed by atoms with Gasteiger partial charge in [-0.3, -0.25) is 0 Å². The molecule has 0 aliphatic carbocycles. The maximum absolute atomic E-state index is 12.0. The van der Waals surface area contributed by atoms with Crippen molar-refractivity contribution in [1.29, 1.82) is 0 Å². The van der Waals surface area contributed by atoms with Gasteiger partial charge in [0.05, 0.1) is 7.11 Å². The lowest BCUT2D eigenvalue weighted by Crippen LogP contribution is -2.03. The highest BCUT2D eigenvalue weighted by Crippen LogP contribution is 2.25. The van der Waals surface area contributed by atoms with Crippen molar-refractivity contribution in [3.8, 4) is 11.5 Å². The molecule has 0 radical (unpaired) electrons. The molecule has 5 heteroatoms. The number of alkyl halides is 2. The highest BCUT2D eigenvalue weighted by molar-refractivity contribution is 5.51. The van der Waals surface area contributed by atoms with Crippen LogP contribution in [0, 0.1) is 0 Å². The van der Waals surface area contributed by atoms with Crippen molar-refractivity contribution in [2.24, 2.45) is 0 Å². The van der Waals surface area contributed by atoms with Gasteiger partial charge < -0.3 is 14.3 Å². The second-order valence-corrected chi connectivity index (χ2v) is 3.06. The third-order valence-corrected chi connectivity index (χ3v) is 2.01. The molecule has 1 aromatic carbocycles. The standard InChI is InChI=1S/C11H12F2O3/c1-15-10-5-4-9(16-11(12)13)7-8(10)3-2-6-14/h4-7,11H,2-3H2,1H3. The summed E-state index contributed by atoms with van der Waals surface area (Å²) in [5.74, 6) is 0.625. The minimum Gasteiger partial charge on any atom is -0.496 e. The smallest absolute Gasteiger partial charge is 0.387 e. The summed E-state index contributed by atoms with van der Waals surface area (Å²) in [5, 5.41) is 0. The van der Waals surface area contributed by atoms with Crippen LogP contribution in [0.2, 0.25) is 0 Å². The van der Waals surface area contributed by atoms with Crippen molar-refractivity contribution in [2.45, 2.75) is 19.5 Å². The summed E-state index contributed by atoms with van der Waals surface area (Å²) in [6.07, 6.45) is 1.52. The molecule has 1 rings (SSSR count). The summed E-state index contributed by atoms with van der Waals surface area (Å²) in [5.41, 5.74) is 0.674. The number of benzene rings is 1. The lowest BCUT2D eigenvalue weighted by atomic mass is 10.1. The van der Waals surface area contributed by atoms with Crippen LogP contribution in [0.15, 0.2) is 18.2 Å². The SMILES string of the molecule is COc1ccc(OC(F)F)cc1CCC=O. The van der Waals surface area contributed by atoms with Crippen LogP contribution in [0.4, 0.5) is 8.78 Å². The van der Waals surface area contributed by atoms with Crippen molar-refractivity contribution < 1.29 is 23.0 Å². The summed E-state index contributed by atoms with van der Waals surface area (Å²) in [6, 6.07) is 4.39. The molecule has 0 aliphatic rings. The molecule has 0 unspecified atom stereocenters. The number of carbonyl (C=O) groups excluding carboxylic acids is 1. The first-order chi connectivity index (χ1) is 7.67. The maximum atomic E-state index is 12.0. The van der Waals surface area contributed by atoms with Gasteiger partial charge in [0, 0.05) is 6.42 Å². The van der Waals surface area contributed by atoms with Gasteiger partial charge in [0.1, 0.15) is 17.8 Å². The Morgan fingerprint density at radius 3 is 2.75 bits per heavy atom. The number of rotatable bonds is 6. The molecular weight excluding hydrogens is 218 g/mol. The molecule has 0 saturated heterocycles. The molecule has 0 saturated carbocycles. The van der Waals surface area contributed by atoms with Gasteiger partial charge in [-0.2, -0.15) is 8.78 Å². The summed E-state index contributed by atoms with van der Waals surface area (Å²) in [7, 11) is 1.48. The van der Waals surface area contributed by atoms with E-state index < -0.39 is 6.61 Å². The largest absolute Gasteiger partial charge is 0.496 e. The van der Waals surface area contributed by atoms with E-state index >= 15 is 0 Å². The quantitative estimate of drug-likeness (QED) is 0.704. The highest BCUT2D eigenvalue weighted by atomic mass is 19.3. The number of aldehydes is 1. The van der Waals surface area contributed by atoms with Gasteiger partial charge in [-0.1, -0.05) is 0 Å².